The molecule has 0 saturated heterocycles. The van der Waals surface area contributed by atoms with Crippen molar-refractivity contribution in [3.05, 3.63) is 30.1 Å². The monoisotopic (exact) mass is 261 g/mol. The van der Waals surface area contributed by atoms with E-state index in [9.17, 15) is 5.11 Å². The summed E-state index contributed by atoms with van der Waals surface area (Å²) >= 11 is 0. The summed E-state index contributed by atoms with van der Waals surface area (Å²) in [6, 6.07) is 4.04. The van der Waals surface area contributed by atoms with Crippen molar-refractivity contribution in [2.45, 2.75) is 64.9 Å². The number of aliphatic hydroxyl groups is 1. The number of rotatable bonds is 2. The lowest BCUT2D eigenvalue weighted by Crippen LogP contribution is -2.31. The molecule has 19 heavy (non-hydrogen) atoms. The minimum absolute atomic E-state index is 0.363. The Morgan fingerprint density at radius 1 is 1.21 bits per heavy atom. The van der Waals surface area contributed by atoms with E-state index in [0.717, 1.165) is 38.0 Å². The zero-order chi connectivity index (χ0) is 13.9. The number of nitrogens with zero attached hydrogens (tertiary/aromatic N) is 1. The lowest BCUT2D eigenvalue weighted by atomic mass is 9.76. The summed E-state index contributed by atoms with van der Waals surface area (Å²) in [5.74, 6) is 0.735. The van der Waals surface area contributed by atoms with Crippen LogP contribution >= 0.6 is 0 Å². The Morgan fingerprint density at radius 2 is 1.89 bits per heavy atom. The molecule has 106 valence electrons. The summed E-state index contributed by atoms with van der Waals surface area (Å²) in [6.45, 7) is 6.97. The maximum atomic E-state index is 10.9. The number of hydrogen-bond acceptors (Lipinski definition) is 2. The van der Waals surface area contributed by atoms with Crippen LogP contribution in [0.15, 0.2) is 24.5 Å². The van der Waals surface area contributed by atoms with Crippen molar-refractivity contribution in [2.75, 3.05) is 0 Å². The maximum absolute atomic E-state index is 10.9. The fourth-order valence-corrected chi connectivity index (χ4v) is 3.31. The van der Waals surface area contributed by atoms with E-state index in [1.165, 1.54) is 12.0 Å². The summed E-state index contributed by atoms with van der Waals surface area (Å²) in [5, 5.41) is 10.9. The molecular formula is C17H27NO. The van der Waals surface area contributed by atoms with Crippen LogP contribution in [0.5, 0.6) is 0 Å². The molecule has 2 heteroatoms. The van der Waals surface area contributed by atoms with Gasteiger partial charge in [0.1, 0.15) is 0 Å². The largest absolute Gasteiger partial charge is 0.390 e. The van der Waals surface area contributed by atoms with E-state index < -0.39 is 5.60 Å². The first-order valence-corrected chi connectivity index (χ1v) is 7.50. The standard InChI is InChI=1S/C17H27NO/c1-16(2,3)15-5-4-9-17(19,10-6-15)13-14-7-11-18-12-8-14/h7-8,11-12,15,19H,4-6,9-10,13H2,1-3H3. The summed E-state index contributed by atoms with van der Waals surface area (Å²) in [6.07, 6.45) is 9.79. The number of aromatic nitrogens is 1. The molecule has 0 aliphatic heterocycles. The highest BCUT2D eigenvalue weighted by molar-refractivity contribution is 5.13. The zero-order valence-corrected chi connectivity index (χ0v) is 12.5. The van der Waals surface area contributed by atoms with E-state index in [0.29, 0.717) is 5.41 Å². The van der Waals surface area contributed by atoms with E-state index >= 15 is 0 Å². The molecule has 0 spiro atoms. The highest BCUT2D eigenvalue weighted by Crippen LogP contribution is 2.40. The summed E-state index contributed by atoms with van der Waals surface area (Å²) in [7, 11) is 0. The zero-order valence-electron chi connectivity index (χ0n) is 12.5. The van der Waals surface area contributed by atoms with E-state index in [2.05, 4.69) is 25.8 Å². The molecule has 1 aromatic rings. The van der Waals surface area contributed by atoms with Crippen molar-refractivity contribution in [1.29, 1.82) is 0 Å². The second kappa shape index (κ2) is 5.62. The molecule has 1 aromatic heterocycles. The third-order valence-electron chi connectivity index (χ3n) is 4.66. The Labute approximate surface area is 117 Å². The highest BCUT2D eigenvalue weighted by atomic mass is 16.3. The van der Waals surface area contributed by atoms with Gasteiger partial charge in [-0.2, -0.15) is 0 Å². The van der Waals surface area contributed by atoms with Crippen LogP contribution in [0.3, 0.4) is 0 Å². The van der Waals surface area contributed by atoms with Crippen LogP contribution in [0.4, 0.5) is 0 Å². The predicted molar refractivity (Wildman–Crippen MR) is 78.9 cm³/mol. The van der Waals surface area contributed by atoms with Gasteiger partial charge >= 0.3 is 0 Å². The molecule has 2 atom stereocenters. The molecule has 1 heterocycles. The van der Waals surface area contributed by atoms with Crippen molar-refractivity contribution in [1.82, 2.24) is 4.98 Å². The van der Waals surface area contributed by atoms with Crippen LogP contribution < -0.4 is 0 Å². The third-order valence-corrected chi connectivity index (χ3v) is 4.66. The molecular weight excluding hydrogens is 234 g/mol. The molecule has 0 aromatic carbocycles. The summed E-state index contributed by atoms with van der Waals surface area (Å²) < 4.78 is 0. The van der Waals surface area contributed by atoms with Crippen LogP contribution in [0.2, 0.25) is 0 Å². The Kier molecular flexibility index (Phi) is 4.29. The molecule has 1 fully saturated rings. The van der Waals surface area contributed by atoms with Gasteiger partial charge in [-0.05, 0) is 54.7 Å². The molecule has 2 unspecified atom stereocenters. The summed E-state index contributed by atoms with van der Waals surface area (Å²) in [5.41, 5.74) is 1.05. The second-order valence-corrected chi connectivity index (χ2v) is 7.25. The quantitative estimate of drug-likeness (QED) is 0.817. The van der Waals surface area contributed by atoms with Gasteiger partial charge < -0.3 is 5.11 Å². The third kappa shape index (κ3) is 4.04. The van der Waals surface area contributed by atoms with Crippen molar-refractivity contribution in [3.63, 3.8) is 0 Å². The van der Waals surface area contributed by atoms with Crippen molar-refractivity contribution in [2.24, 2.45) is 11.3 Å². The number of pyridine rings is 1. The predicted octanol–water partition coefficient (Wildman–Crippen LogP) is 3.98. The first-order chi connectivity index (χ1) is 8.89. The first kappa shape index (κ1) is 14.5. The van der Waals surface area contributed by atoms with Crippen LogP contribution in [-0.4, -0.2) is 15.7 Å². The van der Waals surface area contributed by atoms with Crippen LogP contribution in [0.25, 0.3) is 0 Å². The Hall–Kier alpha value is -0.890. The first-order valence-electron chi connectivity index (χ1n) is 7.50. The topological polar surface area (TPSA) is 33.1 Å². The van der Waals surface area contributed by atoms with E-state index in [4.69, 9.17) is 0 Å². The average molecular weight is 261 g/mol. The van der Waals surface area contributed by atoms with Gasteiger partial charge in [-0.15, -0.1) is 0 Å². The maximum Gasteiger partial charge on any atom is 0.0688 e. The Balaban J connectivity index is 2.01. The average Bonchev–Trinajstić information content (AvgIpc) is 2.52. The molecule has 1 aliphatic rings. The van der Waals surface area contributed by atoms with Gasteiger partial charge in [-0.25, -0.2) is 0 Å². The van der Waals surface area contributed by atoms with Gasteiger partial charge in [0.15, 0.2) is 0 Å². The van der Waals surface area contributed by atoms with Gasteiger partial charge in [-0.3, -0.25) is 4.98 Å². The van der Waals surface area contributed by atoms with Crippen LogP contribution in [-0.2, 0) is 6.42 Å². The number of hydrogen-bond donors (Lipinski definition) is 1. The molecule has 2 rings (SSSR count). The van der Waals surface area contributed by atoms with E-state index in [-0.39, 0.29) is 0 Å². The van der Waals surface area contributed by atoms with Crippen molar-refractivity contribution < 1.29 is 5.11 Å². The lowest BCUT2D eigenvalue weighted by Gasteiger charge is -2.31. The minimum Gasteiger partial charge on any atom is -0.390 e. The normalized spacial score (nSPS) is 28.9. The van der Waals surface area contributed by atoms with Crippen LogP contribution in [0, 0.1) is 11.3 Å². The minimum atomic E-state index is -0.513. The van der Waals surface area contributed by atoms with E-state index in [1.807, 2.05) is 24.5 Å². The van der Waals surface area contributed by atoms with Gasteiger partial charge in [0.25, 0.3) is 0 Å². The fraction of sp³-hybridized carbons (Fsp3) is 0.706. The molecule has 0 bridgehead atoms. The molecule has 0 amide bonds. The van der Waals surface area contributed by atoms with Gasteiger partial charge in [-0.1, -0.05) is 27.2 Å². The summed E-state index contributed by atoms with van der Waals surface area (Å²) in [4.78, 5) is 4.04. The van der Waals surface area contributed by atoms with Gasteiger partial charge in [0.05, 0.1) is 5.60 Å². The van der Waals surface area contributed by atoms with Gasteiger partial charge in [0, 0.05) is 18.8 Å². The Bertz CT molecular complexity index is 395. The SMILES string of the molecule is CC(C)(C)C1CCCC(O)(Cc2ccncc2)CC1. The lowest BCUT2D eigenvalue weighted by molar-refractivity contribution is 0.0225. The fourth-order valence-electron chi connectivity index (χ4n) is 3.31. The Morgan fingerprint density at radius 3 is 2.53 bits per heavy atom. The van der Waals surface area contributed by atoms with Crippen molar-refractivity contribution in [3.8, 4) is 0 Å². The molecule has 1 N–H and O–H groups in total. The highest BCUT2D eigenvalue weighted by Gasteiger charge is 2.34. The van der Waals surface area contributed by atoms with E-state index in [1.54, 1.807) is 0 Å². The second-order valence-electron chi connectivity index (χ2n) is 7.25. The van der Waals surface area contributed by atoms with Crippen LogP contribution in [0.1, 0.15) is 58.4 Å². The smallest absolute Gasteiger partial charge is 0.0688 e. The van der Waals surface area contributed by atoms with Gasteiger partial charge in [0.2, 0.25) is 0 Å². The molecule has 1 aliphatic carbocycles. The molecule has 2 nitrogen and oxygen atoms in total. The van der Waals surface area contributed by atoms with Crippen molar-refractivity contribution >= 4 is 0 Å². The molecule has 1 saturated carbocycles. The molecule has 0 radical (unpaired) electrons.